The molecule has 1 N–H and O–H groups in total. The molecule has 0 aromatic heterocycles. The van der Waals surface area contributed by atoms with Crippen molar-refractivity contribution in [1.29, 1.82) is 0 Å². The van der Waals surface area contributed by atoms with Crippen molar-refractivity contribution >= 4 is 46.1 Å². The van der Waals surface area contributed by atoms with E-state index >= 15 is 0 Å². The Morgan fingerprint density at radius 1 is 1.14 bits per heavy atom. The molecule has 0 bridgehead atoms. The normalized spacial score (nSPS) is 17.0. The molecule has 1 heterocycles. The average molecular weight is 397 g/mol. The van der Waals surface area contributed by atoms with Crippen molar-refractivity contribution in [3.63, 3.8) is 0 Å². The van der Waals surface area contributed by atoms with E-state index in [1.54, 1.807) is 19.2 Å². The van der Waals surface area contributed by atoms with Gasteiger partial charge in [-0.2, -0.15) is 0 Å². The highest BCUT2D eigenvalue weighted by Crippen LogP contribution is 2.31. The van der Waals surface area contributed by atoms with Gasteiger partial charge in [-0.05, 0) is 36.4 Å². The van der Waals surface area contributed by atoms with Crippen LogP contribution in [0.1, 0.15) is 16.8 Å². The van der Waals surface area contributed by atoms with Gasteiger partial charge in [-0.3, -0.25) is 14.6 Å². The minimum atomic E-state index is -0.567. The molecule has 8 heteroatoms. The lowest BCUT2D eigenvalue weighted by Crippen LogP contribution is -2.31. The van der Waals surface area contributed by atoms with Gasteiger partial charge in [0.15, 0.2) is 5.17 Å². The molecule has 1 atom stereocenters. The van der Waals surface area contributed by atoms with Gasteiger partial charge in [0.2, 0.25) is 11.8 Å². The molecule has 0 radical (unpaired) electrons. The monoisotopic (exact) mass is 397 g/mol. The van der Waals surface area contributed by atoms with Crippen molar-refractivity contribution in [3.8, 4) is 0 Å². The molecule has 3 rings (SSSR count). The summed E-state index contributed by atoms with van der Waals surface area (Å²) in [6.07, 6.45) is 0.0811. The lowest BCUT2D eigenvalue weighted by Gasteiger charge is -2.16. The second-order valence-electron chi connectivity index (χ2n) is 5.94. The molecule has 1 aliphatic heterocycles. The molecular weight excluding hydrogens is 378 g/mol. The zero-order chi connectivity index (χ0) is 20.1. The van der Waals surface area contributed by atoms with Gasteiger partial charge in [-0.25, -0.2) is 9.69 Å². The molecule has 0 saturated carbocycles. The molecule has 7 nitrogen and oxygen atoms in total. The number of rotatable bonds is 4. The van der Waals surface area contributed by atoms with Gasteiger partial charge in [-0.15, -0.1) is 0 Å². The molecule has 2 amide bonds. The second kappa shape index (κ2) is 8.71. The maximum absolute atomic E-state index is 12.8. The number of esters is 1. The SMILES string of the molecule is CN=C(Nc1ccccc1)S[C@@H]1CC(=O)N(c2ccc(C(=O)OC)cc2)C1=O. The average Bonchev–Trinajstić information content (AvgIpc) is 3.00. The number of amides is 2. The van der Waals surface area contributed by atoms with Crippen LogP contribution in [0.4, 0.5) is 11.4 Å². The summed E-state index contributed by atoms with van der Waals surface area (Å²) in [5.41, 5.74) is 1.63. The quantitative estimate of drug-likeness (QED) is 0.369. The minimum Gasteiger partial charge on any atom is -0.465 e. The summed E-state index contributed by atoms with van der Waals surface area (Å²) in [6.45, 7) is 0. The highest BCUT2D eigenvalue weighted by molar-refractivity contribution is 8.15. The fourth-order valence-electron chi connectivity index (χ4n) is 2.75. The largest absolute Gasteiger partial charge is 0.465 e. The van der Waals surface area contributed by atoms with Crippen molar-refractivity contribution < 1.29 is 19.1 Å². The Morgan fingerprint density at radius 3 is 2.43 bits per heavy atom. The van der Waals surface area contributed by atoms with Gasteiger partial charge in [0, 0.05) is 19.2 Å². The topological polar surface area (TPSA) is 88.1 Å². The Morgan fingerprint density at radius 2 is 1.82 bits per heavy atom. The van der Waals surface area contributed by atoms with Crippen LogP contribution in [0, 0.1) is 0 Å². The van der Waals surface area contributed by atoms with E-state index in [2.05, 4.69) is 15.0 Å². The third-order valence-corrected chi connectivity index (χ3v) is 5.29. The number of carbonyl (C=O) groups is 3. The van der Waals surface area contributed by atoms with Crippen molar-refractivity contribution in [2.45, 2.75) is 11.7 Å². The molecule has 1 saturated heterocycles. The zero-order valence-electron chi connectivity index (χ0n) is 15.4. The Kier molecular flexibility index (Phi) is 6.10. The van der Waals surface area contributed by atoms with Gasteiger partial charge < -0.3 is 10.1 Å². The van der Waals surface area contributed by atoms with Gasteiger partial charge >= 0.3 is 5.97 Å². The molecule has 28 heavy (non-hydrogen) atoms. The molecular formula is C20H19N3O4S. The van der Waals surface area contributed by atoms with E-state index in [-0.39, 0.29) is 18.2 Å². The van der Waals surface area contributed by atoms with Gasteiger partial charge in [0.1, 0.15) is 5.25 Å². The molecule has 2 aromatic carbocycles. The molecule has 144 valence electrons. The van der Waals surface area contributed by atoms with E-state index in [1.807, 2.05) is 30.3 Å². The highest BCUT2D eigenvalue weighted by atomic mass is 32.2. The fourth-order valence-corrected chi connectivity index (χ4v) is 3.73. The number of methoxy groups -OCH3 is 1. The van der Waals surface area contributed by atoms with Crippen LogP contribution in [0.25, 0.3) is 0 Å². The first kappa shape index (κ1) is 19.6. The van der Waals surface area contributed by atoms with Crippen LogP contribution in [-0.2, 0) is 14.3 Å². The summed E-state index contributed by atoms with van der Waals surface area (Å²) in [4.78, 5) is 42.1. The third-order valence-electron chi connectivity index (χ3n) is 4.13. The number of thioether (sulfide) groups is 1. The fraction of sp³-hybridized carbons (Fsp3) is 0.200. The molecule has 1 fully saturated rings. The number of ether oxygens (including phenoxy) is 1. The van der Waals surface area contributed by atoms with E-state index in [0.29, 0.717) is 16.4 Å². The summed E-state index contributed by atoms with van der Waals surface area (Å²) < 4.78 is 4.66. The lowest BCUT2D eigenvalue weighted by molar-refractivity contribution is -0.121. The van der Waals surface area contributed by atoms with Gasteiger partial charge in [0.05, 0.1) is 18.4 Å². The van der Waals surface area contributed by atoms with Crippen LogP contribution in [0.3, 0.4) is 0 Å². The minimum absolute atomic E-state index is 0.0811. The molecule has 0 spiro atoms. The van der Waals surface area contributed by atoms with E-state index in [4.69, 9.17) is 0 Å². The number of carbonyl (C=O) groups excluding carboxylic acids is 3. The Balaban J connectivity index is 1.71. The van der Waals surface area contributed by atoms with Crippen molar-refractivity contribution in [3.05, 3.63) is 60.2 Å². The molecule has 1 aliphatic rings. The first-order valence-electron chi connectivity index (χ1n) is 8.54. The van der Waals surface area contributed by atoms with Crippen molar-refractivity contribution in [2.75, 3.05) is 24.4 Å². The number of hydrogen-bond donors (Lipinski definition) is 1. The second-order valence-corrected chi connectivity index (χ2v) is 7.13. The first-order chi connectivity index (χ1) is 13.5. The van der Waals surface area contributed by atoms with E-state index in [1.165, 1.54) is 31.0 Å². The summed E-state index contributed by atoms with van der Waals surface area (Å²) in [6, 6.07) is 15.7. The predicted octanol–water partition coefficient (Wildman–Crippen LogP) is 2.94. The van der Waals surface area contributed by atoms with E-state index in [9.17, 15) is 14.4 Å². The van der Waals surface area contributed by atoms with Crippen LogP contribution in [0.5, 0.6) is 0 Å². The van der Waals surface area contributed by atoms with Gasteiger partial charge in [0.25, 0.3) is 0 Å². The van der Waals surface area contributed by atoms with E-state index in [0.717, 1.165) is 10.6 Å². The number of anilines is 2. The third kappa shape index (κ3) is 4.23. The molecule has 2 aromatic rings. The number of imide groups is 1. The van der Waals surface area contributed by atoms with Crippen LogP contribution in [-0.4, -0.2) is 42.4 Å². The Labute approximate surface area is 166 Å². The standard InChI is InChI=1S/C20H19N3O4S/c1-21-20(22-14-6-4-3-5-7-14)28-16-12-17(24)23(18(16)25)15-10-8-13(9-11-15)19(26)27-2/h3-11,16H,12H2,1-2H3,(H,21,22)/t16-/m1/s1. The highest BCUT2D eigenvalue weighted by Gasteiger charge is 2.40. The van der Waals surface area contributed by atoms with Crippen LogP contribution in [0.2, 0.25) is 0 Å². The summed E-state index contributed by atoms with van der Waals surface area (Å²) in [7, 11) is 2.92. The Hall–Kier alpha value is -3.13. The zero-order valence-corrected chi connectivity index (χ0v) is 16.2. The first-order valence-corrected chi connectivity index (χ1v) is 9.42. The van der Waals surface area contributed by atoms with Crippen LogP contribution >= 0.6 is 11.8 Å². The van der Waals surface area contributed by atoms with E-state index < -0.39 is 11.2 Å². The predicted molar refractivity (Wildman–Crippen MR) is 110 cm³/mol. The number of para-hydroxylation sites is 1. The number of nitrogens with zero attached hydrogens (tertiary/aromatic N) is 2. The maximum Gasteiger partial charge on any atom is 0.337 e. The maximum atomic E-state index is 12.8. The number of hydrogen-bond acceptors (Lipinski definition) is 6. The van der Waals surface area contributed by atoms with Crippen LogP contribution < -0.4 is 10.2 Å². The van der Waals surface area contributed by atoms with Crippen molar-refractivity contribution in [2.24, 2.45) is 4.99 Å². The smallest absolute Gasteiger partial charge is 0.337 e. The van der Waals surface area contributed by atoms with Gasteiger partial charge in [-0.1, -0.05) is 30.0 Å². The summed E-state index contributed by atoms with van der Waals surface area (Å²) in [5, 5.41) is 3.14. The van der Waals surface area contributed by atoms with Crippen LogP contribution in [0.15, 0.2) is 59.6 Å². The molecule has 0 unspecified atom stereocenters. The molecule has 0 aliphatic carbocycles. The number of benzene rings is 2. The summed E-state index contributed by atoms with van der Waals surface area (Å²) in [5.74, 6) is -1.07. The number of amidine groups is 1. The number of nitrogens with one attached hydrogen (secondary N) is 1. The number of aliphatic imine (C=N–C) groups is 1. The summed E-state index contributed by atoms with van der Waals surface area (Å²) >= 11 is 1.22. The van der Waals surface area contributed by atoms with Crippen molar-refractivity contribution in [1.82, 2.24) is 0 Å². The Bertz CT molecular complexity index is 913. The lowest BCUT2D eigenvalue weighted by atomic mass is 10.2.